The molecular formula is C38H52O22P4. The predicted octanol–water partition coefficient (Wildman–Crippen LogP) is 2.24. The summed E-state index contributed by atoms with van der Waals surface area (Å²) in [6, 6.07) is 0. The molecule has 0 aliphatic heterocycles. The van der Waals surface area contributed by atoms with Crippen LogP contribution in [0.3, 0.4) is 0 Å². The lowest BCUT2D eigenvalue weighted by Gasteiger charge is -2.45. The monoisotopic (exact) mass is 984 g/mol. The summed E-state index contributed by atoms with van der Waals surface area (Å²) in [5.74, 6) is 22.5. The summed E-state index contributed by atoms with van der Waals surface area (Å²) in [5.41, 5.74) is 0. The van der Waals surface area contributed by atoms with Crippen LogP contribution in [-0.2, 0) is 59.9 Å². The summed E-state index contributed by atoms with van der Waals surface area (Å²) in [5, 5.41) is 21.7. The van der Waals surface area contributed by atoms with E-state index in [0.29, 0.717) is 12.8 Å². The Hall–Kier alpha value is -3.34. The second-order valence-electron chi connectivity index (χ2n) is 13.6. The fourth-order valence-electron chi connectivity index (χ4n) is 5.67. The van der Waals surface area contributed by atoms with Gasteiger partial charge in [-0.05, 0) is 65.6 Å². The summed E-state index contributed by atoms with van der Waals surface area (Å²) in [6.07, 6.45) is -0.0635. The van der Waals surface area contributed by atoms with Gasteiger partial charge in [-0.2, -0.15) is 0 Å². The first-order chi connectivity index (χ1) is 30.0. The molecule has 0 aromatic carbocycles. The number of unbranched alkanes of at least 4 members (excludes halogenated alkanes) is 12. The van der Waals surface area contributed by atoms with E-state index in [4.69, 9.17) is 24.9 Å². The number of aliphatic hydroxyl groups is 2. The maximum absolute atomic E-state index is 13.1. The molecule has 1 rings (SSSR count). The fraction of sp³-hybridized carbons (Fsp3) is 0.632. The van der Waals surface area contributed by atoms with Crippen LogP contribution in [0.4, 0.5) is 0 Å². The SMILES string of the molecule is C#CC#CC#CC#CC#CC#CC(=O)OC[C@@H](COP(=O)(O)OC1C(O)[C@H](OP(=O)(O)O)C(OP(=O)(O)O)C(OP(=O)(O)O)[C@@H]1O)OC(=O)CCCCCCCCCCCCCCC. The van der Waals surface area contributed by atoms with Crippen molar-refractivity contribution < 1.29 is 104 Å². The predicted molar refractivity (Wildman–Crippen MR) is 222 cm³/mol. The number of phosphoric ester groups is 4. The van der Waals surface area contributed by atoms with Gasteiger partial charge in [0.1, 0.15) is 43.2 Å². The van der Waals surface area contributed by atoms with Crippen molar-refractivity contribution in [2.75, 3.05) is 13.2 Å². The molecule has 5 unspecified atom stereocenters. The lowest BCUT2D eigenvalue weighted by atomic mass is 9.85. The molecule has 0 radical (unpaired) electrons. The second kappa shape index (κ2) is 30.8. The van der Waals surface area contributed by atoms with Crippen LogP contribution in [0.25, 0.3) is 0 Å². The number of aliphatic hydroxyl groups excluding tert-OH is 2. The highest BCUT2D eigenvalue weighted by atomic mass is 31.2. The average molecular weight is 985 g/mol. The summed E-state index contributed by atoms with van der Waals surface area (Å²) in [7, 11) is -23.2. The highest BCUT2D eigenvalue weighted by molar-refractivity contribution is 7.47. The average Bonchev–Trinajstić information content (AvgIpc) is 3.18. The molecule has 356 valence electrons. The maximum Gasteiger partial charge on any atom is 0.472 e. The Morgan fingerprint density at radius 3 is 1.39 bits per heavy atom. The van der Waals surface area contributed by atoms with E-state index in [1.54, 1.807) is 0 Å². The number of terminal acetylenes is 1. The molecule has 0 amide bonds. The maximum atomic E-state index is 13.1. The van der Waals surface area contributed by atoms with Gasteiger partial charge in [-0.1, -0.05) is 84.0 Å². The van der Waals surface area contributed by atoms with Gasteiger partial charge in [0, 0.05) is 12.3 Å². The van der Waals surface area contributed by atoms with Crippen molar-refractivity contribution in [2.45, 2.75) is 140 Å². The standard InChI is InChI=1S/C38H52O22P4/c1-3-5-7-9-11-13-15-16-17-19-21-23-25-27-32(40)56-30(28-54-31(39)26-24-22-20-18-14-12-10-8-6-4-2)29-55-64(52,53)60-35-33(41)36(57-61(43,44)45)38(59-63(49,50)51)37(34(35)42)58-62(46,47)48/h2,30,33-38,41-42H,3,5,7,9,11,13,15-17,19,21,23,25,27-29H2,1H3,(H,52,53)(H2,43,44,45)(H2,46,47,48)(H2,49,50,51)/t30-,33+,34?,35?,36?,37-,38?/m0/s1. The topological polar surface area (TPSA) is 349 Å². The Labute approximate surface area is 371 Å². The number of carbonyl (C=O) groups excluding carboxylic acids is 2. The number of ether oxygens (including phenoxy) is 2. The number of esters is 2. The van der Waals surface area contributed by atoms with Crippen molar-refractivity contribution in [2.24, 2.45) is 0 Å². The molecule has 1 aliphatic rings. The molecule has 0 heterocycles. The van der Waals surface area contributed by atoms with Crippen LogP contribution in [0.15, 0.2) is 0 Å². The van der Waals surface area contributed by atoms with Crippen LogP contribution in [0.1, 0.15) is 96.8 Å². The molecule has 0 saturated heterocycles. The minimum atomic E-state index is -5.82. The van der Waals surface area contributed by atoms with E-state index in [0.717, 1.165) is 32.1 Å². The fourth-order valence-corrected chi connectivity index (χ4v) is 8.32. The molecule has 0 aromatic heterocycles. The summed E-state index contributed by atoms with van der Waals surface area (Å²) >= 11 is 0. The van der Waals surface area contributed by atoms with Crippen molar-refractivity contribution in [3.63, 3.8) is 0 Å². The van der Waals surface area contributed by atoms with Crippen molar-refractivity contribution in [1.82, 2.24) is 0 Å². The Bertz CT molecular complexity index is 2030. The third-order valence-corrected chi connectivity index (χ3v) is 10.9. The molecule has 1 aliphatic carbocycles. The van der Waals surface area contributed by atoms with Gasteiger partial charge in [-0.3, -0.25) is 27.4 Å². The second-order valence-corrected chi connectivity index (χ2v) is 18.6. The van der Waals surface area contributed by atoms with Crippen LogP contribution < -0.4 is 0 Å². The van der Waals surface area contributed by atoms with Gasteiger partial charge in [-0.25, -0.2) is 23.1 Å². The number of phosphoric acid groups is 4. The first-order valence-electron chi connectivity index (χ1n) is 19.5. The highest BCUT2D eigenvalue weighted by Crippen LogP contribution is 2.53. The summed E-state index contributed by atoms with van der Waals surface area (Å²) < 4.78 is 81.0. The van der Waals surface area contributed by atoms with Gasteiger partial charge in [0.15, 0.2) is 6.10 Å². The van der Waals surface area contributed by atoms with Crippen LogP contribution in [0.2, 0.25) is 0 Å². The van der Waals surface area contributed by atoms with Crippen LogP contribution in [0, 0.1) is 71.5 Å². The largest absolute Gasteiger partial charge is 0.472 e. The Kier molecular flexibility index (Phi) is 28.2. The van der Waals surface area contributed by atoms with Crippen LogP contribution >= 0.6 is 31.3 Å². The minimum absolute atomic E-state index is 0.132. The van der Waals surface area contributed by atoms with Crippen LogP contribution in [0.5, 0.6) is 0 Å². The van der Waals surface area contributed by atoms with Gasteiger partial charge in [0.05, 0.1) is 6.61 Å². The number of hydrogen-bond donors (Lipinski definition) is 9. The zero-order valence-corrected chi connectivity index (χ0v) is 38.1. The van der Waals surface area contributed by atoms with Gasteiger partial charge >= 0.3 is 43.2 Å². The van der Waals surface area contributed by atoms with Crippen LogP contribution in [-0.4, -0.2) is 112 Å². The number of rotatable bonds is 28. The van der Waals surface area contributed by atoms with E-state index in [-0.39, 0.29) is 6.42 Å². The zero-order valence-electron chi connectivity index (χ0n) is 34.6. The molecule has 1 saturated carbocycles. The summed E-state index contributed by atoms with van der Waals surface area (Å²) in [6.45, 7) is 0.186. The lowest BCUT2D eigenvalue weighted by Crippen LogP contribution is -2.65. The third kappa shape index (κ3) is 28.5. The molecule has 64 heavy (non-hydrogen) atoms. The molecular weight excluding hydrogens is 932 g/mol. The Morgan fingerprint density at radius 2 is 0.953 bits per heavy atom. The highest BCUT2D eigenvalue weighted by Gasteiger charge is 2.59. The molecule has 1 fully saturated rings. The molecule has 0 spiro atoms. The Balaban J connectivity index is 3.11. The molecule has 0 aromatic rings. The smallest absolute Gasteiger partial charge is 0.456 e. The molecule has 0 bridgehead atoms. The van der Waals surface area contributed by atoms with E-state index >= 15 is 0 Å². The Morgan fingerprint density at radius 1 is 0.547 bits per heavy atom. The van der Waals surface area contributed by atoms with Crippen molar-refractivity contribution in [1.29, 1.82) is 0 Å². The van der Waals surface area contributed by atoms with E-state index in [9.17, 15) is 72.3 Å². The quantitative estimate of drug-likeness (QED) is 0.0178. The molecule has 26 heteroatoms. The van der Waals surface area contributed by atoms with Crippen molar-refractivity contribution in [3.05, 3.63) is 0 Å². The third-order valence-electron chi connectivity index (χ3n) is 8.37. The molecule has 9 N–H and O–H groups in total. The van der Waals surface area contributed by atoms with Gasteiger partial charge < -0.3 is 53.9 Å². The van der Waals surface area contributed by atoms with Gasteiger partial charge in [-0.15, -0.1) is 6.42 Å². The summed E-state index contributed by atoms with van der Waals surface area (Å²) in [4.78, 5) is 91.8. The zero-order chi connectivity index (χ0) is 48.2. The van der Waals surface area contributed by atoms with Crippen molar-refractivity contribution >= 4 is 43.2 Å². The van der Waals surface area contributed by atoms with Crippen molar-refractivity contribution in [3.8, 4) is 71.5 Å². The van der Waals surface area contributed by atoms with E-state index in [1.165, 1.54) is 38.5 Å². The van der Waals surface area contributed by atoms with E-state index in [1.807, 2.05) is 5.92 Å². The first-order valence-corrected chi connectivity index (χ1v) is 25.6. The van der Waals surface area contributed by atoms with E-state index < -0.39 is 99.2 Å². The first kappa shape index (κ1) is 58.7. The lowest BCUT2D eigenvalue weighted by molar-refractivity contribution is -0.209. The normalized spacial score (nSPS) is 20.8. The number of carbonyl (C=O) groups is 2. The van der Waals surface area contributed by atoms with Gasteiger partial charge in [0.25, 0.3) is 0 Å². The molecule has 22 nitrogen and oxygen atoms in total. The minimum Gasteiger partial charge on any atom is -0.456 e. The van der Waals surface area contributed by atoms with Gasteiger partial charge in [0.2, 0.25) is 0 Å². The van der Waals surface area contributed by atoms with E-state index in [2.05, 4.69) is 79.7 Å². The number of hydrogen-bond acceptors (Lipinski definition) is 15. The molecule has 8 atom stereocenters.